The van der Waals surface area contributed by atoms with Crippen LogP contribution in [0.3, 0.4) is 0 Å². The molecular weight excluding hydrogens is 302 g/mol. The molecule has 0 amide bonds. The van der Waals surface area contributed by atoms with Crippen molar-refractivity contribution in [1.29, 1.82) is 0 Å². The zero-order chi connectivity index (χ0) is 13.1. The van der Waals surface area contributed by atoms with Gasteiger partial charge in [0, 0.05) is 16.8 Å². The number of nitrogens with one attached hydrogen (secondary N) is 1. The number of hydrogen-bond donors (Lipinski definition) is 1. The van der Waals surface area contributed by atoms with E-state index in [4.69, 9.17) is 0 Å². The molecule has 0 bridgehead atoms. The van der Waals surface area contributed by atoms with Gasteiger partial charge in [0.1, 0.15) is 9.84 Å². The highest BCUT2D eigenvalue weighted by Crippen LogP contribution is 2.23. The third-order valence-electron chi connectivity index (χ3n) is 2.71. The average Bonchev–Trinajstić information content (AvgIpc) is 2.22. The van der Waals surface area contributed by atoms with Crippen LogP contribution in [-0.4, -0.2) is 27.5 Å². The van der Waals surface area contributed by atoms with Crippen LogP contribution in [0, 0.1) is 6.92 Å². The Kier molecular flexibility index (Phi) is 5.16. The van der Waals surface area contributed by atoms with Gasteiger partial charge in [0.2, 0.25) is 0 Å². The molecule has 0 aromatic heterocycles. The predicted molar refractivity (Wildman–Crippen MR) is 75.0 cm³/mol. The van der Waals surface area contributed by atoms with Crippen molar-refractivity contribution in [2.24, 2.45) is 0 Å². The summed E-state index contributed by atoms with van der Waals surface area (Å²) in [5.41, 5.74) is 2.28. The minimum Gasteiger partial charge on any atom is -0.313 e. The van der Waals surface area contributed by atoms with Crippen LogP contribution >= 0.6 is 15.9 Å². The molecule has 1 unspecified atom stereocenters. The second-order valence-electron chi connectivity index (χ2n) is 4.27. The van der Waals surface area contributed by atoms with E-state index >= 15 is 0 Å². The van der Waals surface area contributed by atoms with E-state index in [9.17, 15) is 8.42 Å². The fraction of sp³-hybridized carbons (Fsp3) is 0.500. The molecule has 0 aliphatic carbocycles. The summed E-state index contributed by atoms with van der Waals surface area (Å²) >= 11 is 3.45. The van der Waals surface area contributed by atoms with Gasteiger partial charge in [-0.15, -0.1) is 0 Å². The van der Waals surface area contributed by atoms with Crippen LogP contribution in [0.2, 0.25) is 0 Å². The molecule has 0 spiro atoms. The third kappa shape index (κ3) is 4.77. The van der Waals surface area contributed by atoms with Crippen molar-refractivity contribution in [2.45, 2.75) is 19.4 Å². The van der Waals surface area contributed by atoms with E-state index in [1.165, 1.54) is 6.26 Å². The summed E-state index contributed by atoms with van der Waals surface area (Å²) in [7, 11) is -1.05. The monoisotopic (exact) mass is 319 g/mol. The van der Waals surface area contributed by atoms with Crippen molar-refractivity contribution in [1.82, 2.24) is 5.32 Å². The first-order chi connectivity index (χ1) is 7.83. The van der Waals surface area contributed by atoms with Crippen LogP contribution in [0.15, 0.2) is 22.7 Å². The molecule has 0 heterocycles. The summed E-state index contributed by atoms with van der Waals surface area (Å²) in [6.07, 6.45) is 1.86. The smallest absolute Gasteiger partial charge is 0.147 e. The number of sulfone groups is 1. The maximum atomic E-state index is 11.2. The maximum absolute atomic E-state index is 11.2. The van der Waals surface area contributed by atoms with Crippen molar-refractivity contribution < 1.29 is 8.42 Å². The Balaban J connectivity index is 2.83. The first-order valence-corrected chi connectivity index (χ1v) is 8.30. The summed E-state index contributed by atoms with van der Waals surface area (Å²) in [6, 6.07) is 6.17. The molecule has 0 aliphatic rings. The van der Waals surface area contributed by atoms with Crippen LogP contribution in [-0.2, 0) is 9.84 Å². The molecular formula is C12H18BrNO2S. The van der Waals surface area contributed by atoms with Gasteiger partial charge < -0.3 is 5.32 Å². The number of rotatable bonds is 5. The lowest BCUT2D eigenvalue weighted by Gasteiger charge is -2.17. The molecule has 0 saturated heterocycles. The molecule has 0 saturated carbocycles. The van der Waals surface area contributed by atoms with Crippen molar-refractivity contribution in [3.8, 4) is 0 Å². The van der Waals surface area contributed by atoms with Crippen LogP contribution < -0.4 is 5.32 Å². The van der Waals surface area contributed by atoms with E-state index in [-0.39, 0.29) is 11.8 Å². The van der Waals surface area contributed by atoms with Gasteiger partial charge in [-0.3, -0.25) is 0 Å². The minimum atomic E-state index is -2.90. The van der Waals surface area contributed by atoms with E-state index in [0.29, 0.717) is 6.42 Å². The van der Waals surface area contributed by atoms with Crippen molar-refractivity contribution >= 4 is 25.8 Å². The Bertz CT molecular complexity index is 485. The second-order valence-corrected chi connectivity index (χ2v) is 7.38. The van der Waals surface area contributed by atoms with E-state index in [1.807, 2.05) is 26.1 Å². The highest BCUT2D eigenvalue weighted by atomic mass is 79.9. The summed E-state index contributed by atoms with van der Waals surface area (Å²) in [6.45, 7) is 2.02. The highest BCUT2D eigenvalue weighted by Gasteiger charge is 2.13. The second kappa shape index (κ2) is 5.98. The van der Waals surface area contributed by atoms with Crippen molar-refractivity contribution in [2.75, 3.05) is 19.1 Å². The molecule has 1 aromatic rings. The van der Waals surface area contributed by atoms with Crippen molar-refractivity contribution in [3.63, 3.8) is 0 Å². The lowest BCUT2D eigenvalue weighted by molar-refractivity contribution is 0.558. The predicted octanol–water partition coefficient (Wildman–Crippen LogP) is 2.45. The average molecular weight is 320 g/mol. The van der Waals surface area contributed by atoms with Gasteiger partial charge in [-0.1, -0.05) is 28.1 Å². The fourth-order valence-corrected chi connectivity index (χ4v) is 2.60. The highest BCUT2D eigenvalue weighted by molar-refractivity contribution is 9.10. The molecule has 0 radical (unpaired) electrons. The molecule has 96 valence electrons. The molecule has 1 atom stereocenters. The number of hydrogen-bond acceptors (Lipinski definition) is 3. The standard InChI is InChI=1S/C12H18BrNO2S/c1-9-8-10(4-5-11(9)13)12(14-2)6-7-17(3,15)16/h4-5,8,12,14H,6-7H2,1-3H3. The fourth-order valence-electron chi connectivity index (χ4n) is 1.69. The lowest BCUT2D eigenvalue weighted by atomic mass is 10.0. The SMILES string of the molecule is CNC(CCS(C)(=O)=O)c1ccc(Br)c(C)c1. The third-order valence-corrected chi connectivity index (χ3v) is 4.58. The van der Waals surface area contributed by atoms with Gasteiger partial charge in [-0.2, -0.15) is 0 Å². The van der Waals surface area contributed by atoms with Gasteiger partial charge in [0.05, 0.1) is 5.75 Å². The molecule has 1 aromatic carbocycles. The van der Waals surface area contributed by atoms with Crippen LogP contribution in [0.1, 0.15) is 23.6 Å². The first-order valence-electron chi connectivity index (χ1n) is 5.44. The summed E-state index contributed by atoms with van der Waals surface area (Å²) in [5, 5.41) is 3.16. The largest absolute Gasteiger partial charge is 0.313 e. The molecule has 1 rings (SSSR count). The van der Waals surface area contributed by atoms with Crippen molar-refractivity contribution in [3.05, 3.63) is 33.8 Å². The Morgan fingerprint density at radius 2 is 2.06 bits per heavy atom. The number of halogens is 1. The molecule has 5 heteroatoms. The van der Waals surface area contributed by atoms with Gasteiger partial charge >= 0.3 is 0 Å². The van der Waals surface area contributed by atoms with Gasteiger partial charge in [0.15, 0.2) is 0 Å². The van der Waals surface area contributed by atoms with Crippen LogP contribution in [0.4, 0.5) is 0 Å². The number of benzene rings is 1. The zero-order valence-electron chi connectivity index (χ0n) is 10.3. The van der Waals surface area contributed by atoms with Crippen LogP contribution in [0.25, 0.3) is 0 Å². The lowest BCUT2D eigenvalue weighted by Crippen LogP contribution is -2.20. The molecule has 1 N–H and O–H groups in total. The zero-order valence-corrected chi connectivity index (χ0v) is 12.7. The van der Waals surface area contributed by atoms with E-state index in [2.05, 4.69) is 27.3 Å². The van der Waals surface area contributed by atoms with E-state index in [1.54, 1.807) is 0 Å². The van der Waals surface area contributed by atoms with Gasteiger partial charge in [-0.25, -0.2) is 8.42 Å². The Morgan fingerprint density at radius 3 is 2.53 bits per heavy atom. The van der Waals surface area contributed by atoms with Crippen LogP contribution in [0.5, 0.6) is 0 Å². The molecule has 0 aliphatic heterocycles. The number of aryl methyl sites for hydroxylation is 1. The quantitative estimate of drug-likeness (QED) is 0.906. The summed E-state index contributed by atoms with van der Waals surface area (Å²) in [5.74, 6) is 0.202. The van der Waals surface area contributed by atoms with E-state index in [0.717, 1.165) is 15.6 Å². The Hall–Kier alpha value is -0.390. The minimum absolute atomic E-state index is 0.0801. The van der Waals surface area contributed by atoms with Gasteiger partial charge in [-0.05, 0) is 37.6 Å². The maximum Gasteiger partial charge on any atom is 0.147 e. The normalized spacial score (nSPS) is 13.6. The van der Waals surface area contributed by atoms with Gasteiger partial charge in [0.25, 0.3) is 0 Å². The molecule has 0 fully saturated rings. The summed E-state index contributed by atoms with van der Waals surface area (Å²) < 4.78 is 23.4. The first kappa shape index (κ1) is 14.7. The topological polar surface area (TPSA) is 46.2 Å². The Morgan fingerprint density at radius 1 is 1.41 bits per heavy atom. The summed E-state index contributed by atoms with van der Waals surface area (Å²) in [4.78, 5) is 0. The molecule has 3 nitrogen and oxygen atoms in total. The molecule has 17 heavy (non-hydrogen) atoms. The van der Waals surface area contributed by atoms with E-state index < -0.39 is 9.84 Å². The Labute approximate surface area is 112 Å².